The van der Waals surface area contributed by atoms with Crippen molar-refractivity contribution < 1.29 is 5.11 Å². The van der Waals surface area contributed by atoms with Gasteiger partial charge in [-0.15, -0.1) is 6.58 Å². The predicted molar refractivity (Wildman–Crippen MR) is 68.2 cm³/mol. The molecule has 0 unspecified atom stereocenters. The van der Waals surface area contributed by atoms with E-state index in [1.807, 2.05) is 36.4 Å². The largest absolute Gasteiger partial charge is 0.394 e. The van der Waals surface area contributed by atoms with Crippen LogP contribution in [0.1, 0.15) is 25.5 Å². The minimum Gasteiger partial charge on any atom is -0.394 e. The number of benzene rings is 1. The number of nitrogens with one attached hydrogen (secondary N) is 1. The summed E-state index contributed by atoms with van der Waals surface area (Å²) in [6.07, 6.45) is 1.93. The standard InChI is InChI=1S/C14H21NO/c1-4-14(2,3)11-15-13(10-16)12-8-6-5-7-9-12/h4-9,13,15-16H,1,10-11H2,2-3H3/t13-/m0/s1. The molecule has 1 aromatic rings. The van der Waals surface area contributed by atoms with Gasteiger partial charge in [0.25, 0.3) is 0 Å². The van der Waals surface area contributed by atoms with Gasteiger partial charge in [0.05, 0.1) is 12.6 Å². The van der Waals surface area contributed by atoms with Crippen LogP contribution in [-0.2, 0) is 0 Å². The van der Waals surface area contributed by atoms with Crippen LogP contribution in [0, 0.1) is 5.41 Å². The van der Waals surface area contributed by atoms with E-state index in [9.17, 15) is 5.11 Å². The normalized spacial score (nSPS) is 13.4. The van der Waals surface area contributed by atoms with Crippen molar-refractivity contribution in [2.75, 3.05) is 13.2 Å². The maximum Gasteiger partial charge on any atom is 0.0626 e. The average Bonchev–Trinajstić information content (AvgIpc) is 2.31. The summed E-state index contributed by atoms with van der Waals surface area (Å²) < 4.78 is 0. The van der Waals surface area contributed by atoms with Crippen LogP contribution < -0.4 is 5.32 Å². The summed E-state index contributed by atoms with van der Waals surface area (Å²) >= 11 is 0. The molecule has 0 aliphatic rings. The van der Waals surface area contributed by atoms with Crippen molar-refractivity contribution in [3.8, 4) is 0 Å². The highest BCUT2D eigenvalue weighted by Gasteiger charge is 2.16. The number of hydrogen-bond acceptors (Lipinski definition) is 2. The summed E-state index contributed by atoms with van der Waals surface area (Å²) in [4.78, 5) is 0. The Morgan fingerprint density at radius 2 is 2.00 bits per heavy atom. The molecule has 0 saturated heterocycles. The molecular weight excluding hydrogens is 198 g/mol. The fourth-order valence-corrected chi connectivity index (χ4v) is 1.43. The second kappa shape index (κ2) is 5.83. The van der Waals surface area contributed by atoms with Gasteiger partial charge in [-0.3, -0.25) is 0 Å². The summed E-state index contributed by atoms with van der Waals surface area (Å²) in [5.74, 6) is 0. The van der Waals surface area contributed by atoms with Crippen LogP contribution in [0.3, 0.4) is 0 Å². The zero-order valence-electron chi connectivity index (χ0n) is 10.1. The highest BCUT2D eigenvalue weighted by Crippen LogP contribution is 2.18. The summed E-state index contributed by atoms with van der Waals surface area (Å²) in [7, 11) is 0. The third kappa shape index (κ3) is 3.80. The van der Waals surface area contributed by atoms with Crippen LogP contribution in [-0.4, -0.2) is 18.3 Å². The van der Waals surface area contributed by atoms with Gasteiger partial charge in [0.2, 0.25) is 0 Å². The van der Waals surface area contributed by atoms with Gasteiger partial charge in [0, 0.05) is 6.54 Å². The van der Waals surface area contributed by atoms with Gasteiger partial charge in [-0.05, 0) is 11.0 Å². The molecule has 88 valence electrons. The molecule has 0 aliphatic carbocycles. The molecule has 0 heterocycles. The monoisotopic (exact) mass is 219 g/mol. The highest BCUT2D eigenvalue weighted by atomic mass is 16.3. The van der Waals surface area contributed by atoms with Crippen LogP contribution >= 0.6 is 0 Å². The first-order valence-corrected chi connectivity index (χ1v) is 5.62. The molecule has 0 amide bonds. The van der Waals surface area contributed by atoms with E-state index in [-0.39, 0.29) is 18.1 Å². The molecule has 2 heteroatoms. The van der Waals surface area contributed by atoms with E-state index in [2.05, 4.69) is 25.7 Å². The summed E-state index contributed by atoms with van der Waals surface area (Å²) in [6.45, 7) is 8.95. The van der Waals surface area contributed by atoms with Crippen LogP contribution in [0.5, 0.6) is 0 Å². The smallest absolute Gasteiger partial charge is 0.0626 e. The van der Waals surface area contributed by atoms with Gasteiger partial charge in [-0.25, -0.2) is 0 Å². The van der Waals surface area contributed by atoms with Crippen LogP contribution in [0.25, 0.3) is 0 Å². The Morgan fingerprint density at radius 1 is 1.38 bits per heavy atom. The Hall–Kier alpha value is -1.12. The van der Waals surface area contributed by atoms with E-state index < -0.39 is 0 Å². The van der Waals surface area contributed by atoms with E-state index in [1.54, 1.807) is 0 Å². The molecule has 0 fully saturated rings. The summed E-state index contributed by atoms with van der Waals surface area (Å²) in [5.41, 5.74) is 1.16. The van der Waals surface area contributed by atoms with E-state index in [0.29, 0.717) is 0 Å². The van der Waals surface area contributed by atoms with Crippen molar-refractivity contribution in [3.63, 3.8) is 0 Å². The fourth-order valence-electron chi connectivity index (χ4n) is 1.43. The molecule has 2 nitrogen and oxygen atoms in total. The molecule has 0 radical (unpaired) electrons. The second-order valence-electron chi connectivity index (χ2n) is 4.72. The third-order valence-corrected chi connectivity index (χ3v) is 2.74. The first-order valence-electron chi connectivity index (χ1n) is 5.62. The molecule has 1 rings (SSSR count). The van der Waals surface area contributed by atoms with Crippen molar-refractivity contribution in [3.05, 3.63) is 48.6 Å². The van der Waals surface area contributed by atoms with Crippen molar-refractivity contribution in [1.29, 1.82) is 0 Å². The maximum absolute atomic E-state index is 9.36. The van der Waals surface area contributed by atoms with Crippen molar-refractivity contribution in [2.24, 2.45) is 5.41 Å². The first-order chi connectivity index (χ1) is 7.59. The Bertz CT molecular complexity index is 319. The molecule has 0 bridgehead atoms. The number of hydrogen-bond donors (Lipinski definition) is 2. The molecule has 0 saturated carbocycles. The van der Waals surface area contributed by atoms with Gasteiger partial charge in [-0.1, -0.05) is 50.3 Å². The minimum atomic E-state index is 0.000394. The number of aliphatic hydroxyl groups is 1. The highest BCUT2D eigenvalue weighted by molar-refractivity contribution is 5.19. The molecular formula is C14H21NO. The minimum absolute atomic E-state index is 0.000394. The molecule has 0 aromatic heterocycles. The molecule has 0 spiro atoms. The lowest BCUT2D eigenvalue weighted by atomic mass is 9.93. The zero-order chi connectivity index (χ0) is 12.0. The lowest BCUT2D eigenvalue weighted by Gasteiger charge is -2.24. The Kier molecular flexibility index (Phi) is 4.71. The molecule has 16 heavy (non-hydrogen) atoms. The number of aliphatic hydroxyl groups excluding tert-OH is 1. The molecule has 2 N–H and O–H groups in total. The first kappa shape index (κ1) is 12.9. The van der Waals surface area contributed by atoms with Gasteiger partial charge < -0.3 is 10.4 Å². The predicted octanol–water partition coefficient (Wildman–Crippen LogP) is 2.52. The van der Waals surface area contributed by atoms with E-state index >= 15 is 0 Å². The second-order valence-corrected chi connectivity index (χ2v) is 4.72. The lowest BCUT2D eigenvalue weighted by Crippen LogP contribution is -2.32. The quantitative estimate of drug-likeness (QED) is 0.721. The van der Waals surface area contributed by atoms with Gasteiger partial charge in [0.15, 0.2) is 0 Å². The van der Waals surface area contributed by atoms with E-state index in [1.165, 1.54) is 0 Å². The SMILES string of the molecule is C=CC(C)(C)CN[C@@H](CO)c1ccccc1. The van der Waals surface area contributed by atoms with Crippen LogP contribution in [0.2, 0.25) is 0 Å². The van der Waals surface area contributed by atoms with Crippen molar-refractivity contribution in [2.45, 2.75) is 19.9 Å². The average molecular weight is 219 g/mol. The van der Waals surface area contributed by atoms with Gasteiger partial charge in [0.1, 0.15) is 0 Å². The Morgan fingerprint density at radius 3 is 2.50 bits per heavy atom. The Balaban J connectivity index is 2.60. The topological polar surface area (TPSA) is 32.3 Å². The number of rotatable bonds is 6. The van der Waals surface area contributed by atoms with E-state index in [0.717, 1.165) is 12.1 Å². The maximum atomic E-state index is 9.36. The molecule has 1 aromatic carbocycles. The summed E-state index contributed by atoms with van der Waals surface area (Å²) in [5, 5.41) is 12.7. The van der Waals surface area contributed by atoms with Crippen LogP contribution in [0.15, 0.2) is 43.0 Å². The third-order valence-electron chi connectivity index (χ3n) is 2.74. The molecule has 0 aliphatic heterocycles. The lowest BCUT2D eigenvalue weighted by molar-refractivity contribution is 0.234. The zero-order valence-corrected chi connectivity index (χ0v) is 10.1. The van der Waals surface area contributed by atoms with Gasteiger partial charge >= 0.3 is 0 Å². The molecule has 1 atom stereocenters. The fraction of sp³-hybridized carbons (Fsp3) is 0.429. The van der Waals surface area contributed by atoms with E-state index in [4.69, 9.17) is 0 Å². The Labute approximate surface area is 98.0 Å². The van der Waals surface area contributed by atoms with Crippen molar-refractivity contribution >= 4 is 0 Å². The van der Waals surface area contributed by atoms with Crippen LogP contribution in [0.4, 0.5) is 0 Å². The summed E-state index contributed by atoms with van der Waals surface area (Å²) in [6, 6.07) is 9.99. The van der Waals surface area contributed by atoms with Crippen molar-refractivity contribution in [1.82, 2.24) is 5.32 Å². The van der Waals surface area contributed by atoms with Gasteiger partial charge in [-0.2, -0.15) is 0 Å².